The number of benzene rings is 2. The maximum absolute atomic E-state index is 12.7. The van der Waals surface area contributed by atoms with E-state index in [4.69, 9.17) is 0 Å². The molecule has 1 fully saturated rings. The number of carbonyl (C=O) groups excluding carboxylic acids is 1. The third-order valence-corrected chi connectivity index (χ3v) is 4.28. The van der Waals surface area contributed by atoms with Crippen LogP contribution in [0.25, 0.3) is 11.1 Å². The second-order valence-electron chi connectivity index (χ2n) is 5.29. The van der Waals surface area contributed by atoms with E-state index in [2.05, 4.69) is 30.3 Å². The lowest BCUT2D eigenvalue weighted by Crippen LogP contribution is -2.29. The average molecular weight is 249 g/mol. The van der Waals surface area contributed by atoms with Gasteiger partial charge in [-0.2, -0.15) is 0 Å². The van der Waals surface area contributed by atoms with Gasteiger partial charge in [0.1, 0.15) is 0 Å². The van der Waals surface area contributed by atoms with Crippen LogP contribution in [0.1, 0.15) is 34.8 Å². The Kier molecular flexibility index (Phi) is 2.25. The summed E-state index contributed by atoms with van der Waals surface area (Å²) < 4.78 is 0. The molecule has 2 aliphatic rings. The molecule has 0 N–H and O–H groups in total. The molecule has 0 saturated carbocycles. The first-order chi connectivity index (χ1) is 9.36. The van der Waals surface area contributed by atoms with Crippen molar-refractivity contribution in [3.05, 3.63) is 59.7 Å². The largest absolute Gasteiger partial charge is 0.332 e. The van der Waals surface area contributed by atoms with Gasteiger partial charge in [0.2, 0.25) is 0 Å². The molecule has 1 saturated heterocycles. The van der Waals surface area contributed by atoms with Gasteiger partial charge in [-0.15, -0.1) is 0 Å². The van der Waals surface area contributed by atoms with E-state index in [-0.39, 0.29) is 11.9 Å². The van der Waals surface area contributed by atoms with Crippen molar-refractivity contribution >= 4 is 5.91 Å². The third kappa shape index (κ3) is 1.46. The van der Waals surface area contributed by atoms with Crippen molar-refractivity contribution in [2.75, 3.05) is 6.54 Å². The number of amides is 1. The van der Waals surface area contributed by atoms with Crippen molar-refractivity contribution in [2.24, 2.45) is 0 Å². The molecule has 2 aliphatic heterocycles. The molecule has 1 amide bonds. The molecule has 2 nitrogen and oxygen atoms in total. The summed E-state index contributed by atoms with van der Waals surface area (Å²) in [6.45, 7) is 0.881. The zero-order chi connectivity index (χ0) is 12.8. The van der Waals surface area contributed by atoms with Gasteiger partial charge in [-0.05, 0) is 35.6 Å². The quantitative estimate of drug-likeness (QED) is 0.698. The van der Waals surface area contributed by atoms with Gasteiger partial charge in [-0.3, -0.25) is 4.79 Å². The fourth-order valence-electron chi connectivity index (χ4n) is 3.43. The summed E-state index contributed by atoms with van der Waals surface area (Å²) in [5.41, 5.74) is 4.45. The van der Waals surface area contributed by atoms with Gasteiger partial charge in [-0.1, -0.05) is 42.5 Å². The maximum atomic E-state index is 12.7. The molecule has 4 rings (SSSR count). The molecule has 0 spiro atoms. The van der Waals surface area contributed by atoms with E-state index < -0.39 is 0 Å². The smallest absolute Gasteiger partial charge is 0.254 e. The first-order valence-electron chi connectivity index (χ1n) is 6.85. The molecule has 1 atom stereocenters. The number of hydrogen-bond donors (Lipinski definition) is 0. The molecule has 0 radical (unpaired) electrons. The monoisotopic (exact) mass is 249 g/mol. The Morgan fingerprint density at radius 3 is 2.42 bits per heavy atom. The van der Waals surface area contributed by atoms with E-state index in [1.54, 1.807) is 0 Å². The summed E-state index contributed by atoms with van der Waals surface area (Å²) in [5, 5.41) is 0. The number of carbonyl (C=O) groups is 1. The van der Waals surface area contributed by atoms with Crippen LogP contribution in [0.5, 0.6) is 0 Å². The van der Waals surface area contributed by atoms with Crippen LogP contribution in [0.4, 0.5) is 0 Å². The van der Waals surface area contributed by atoms with E-state index >= 15 is 0 Å². The fourth-order valence-corrected chi connectivity index (χ4v) is 3.43. The van der Waals surface area contributed by atoms with Crippen LogP contribution >= 0.6 is 0 Å². The minimum absolute atomic E-state index is 0.189. The van der Waals surface area contributed by atoms with Crippen LogP contribution in [-0.4, -0.2) is 17.4 Å². The van der Waals surface area contributed by atoms with Crippen molar-refractivity contribution < 1.29 is 4.79 Å². The third-order valence-electron chi connectivity index (χ3n) is 4.28. The number of rotatable bonds is 0. The SMILES string of the molecule is O=C1c2ccccc2-c2ccccc2C2CCCN12. The lowest BCUT2D eigenvalue weighted by molar-refractivity contribution is 0.0740. The molecule has 94 valence electrons. The van der Waals surface area contributed by atoms with Gasteiger partial charge in [0.25, 0.3) is 5.91 Å². The standard InChI is InChI=1S/C17H15NO/c19-17-15-9-4-2-7-13(15)12-6-1-3-8-14(12)16-10-5-11-18(16)17/h1-4,6-9,16H,5,10-11H2. The summed E-state index contributed by atoms with van der Waals surface area (Å²) in [6.07, 6.45) is 2.18. The molecule has 19 heavy (non-hydrogen) atoms. The number of nitrogens with zero attached hydrogens (tertiary/aromatic N) is 1. The van der Waals surface area contributed by atoms with E-state index in [1.807, 2.05) is 23.1 Å². The van der Waals surface area contributed by atoms with Crippen molar-refractivity contribution in [1.82, 2.24) is 4.90 Å². The highest BCUT2D eigenvalue weighted by Crippen LogP contribution is 2.42. The highest BCUT2D eigenvalue weighted by atomic mass is 16.2. The molecular formula is C17H15NO. The van der Waals surface area contributed by atoms with E-state index in [0.29, 0.717) is 0 Å². The molecule has 2 heterocycles. The average Bonchev–Trinajstić information content (AvgIpc) is 2.92. The second kappa shape index (κ2) is 3.95. The molecule has 2 heteroatoms. The lowest BCUT2D eigenvalue weighted by atomic mass is 9.93. The summed E-state index contributed by atoms with van der Waals surface area (Å²) in [5.74, 6) is 0.189. The Balaban J connectivity index is 2.05. The Bertz CT molecular complexity index is 662. The minimum Gasteiger partial charge on any atom is -0.332 e. The summed E-state index contributed by atoms with van der Waals surface area (Å²) >= 11 is 0. The van der Waals surface area contributed by atoms with Crippen LogP contribution in [0.15, 0.2) is 48.5 Å². The Morgan fingerprint density at radius 1 is 0.895 bits per heavy atom. The molecule has 2 aromatic rings. The molecular weight excluding hydrogens is 234 g/mol. The molecule has 1 unspecified atom stereocenters. The van der Waals surface area contributed by atoms with E-state index in [9.17, 15) is 4.79 Å². The normalized spacial score (nSPS) is 20.5. The van der Waals surface area contributed by atoms with Crippen molar-refractivity contribution in [3.63, 3.8) is 0 Å². The second-order valence-corrected chi connectivity index (χ2v) is 5.29. The van der Waals surface area contributed by atoms with Gasteiger partial charge >= 0.3 is 0 Å². The van der Waals surface area contributed by atoms with Crippen molar-refractivity contribution in [2.45, 2.75) is 18.9 Å². The highest BCUT2D eigenvalue weighted by Gasteiger charge is 2.35. The maximum Gasteiger partial charge on any atom is 0.254 e. The van der Waals surface area contributed by atoms with E-state index in [0.717, 1.165) is 30.5 Å². The number of hydrogen-bond acceptors (Lipinski definition) is 1. The number of fused-ring (bicyclic) bond motifs is 5. The van der Waals surface area contributed by atoms with Crippen LogP contribution in [0, 0.1) is 0 Å². The van der Waals surface area contributed by atoms with Gasteiger partial charge in [0.05, 0.1) is 6.04 Å². The predicted molar refractivity (Wildman–Crippen MR) is 74.9 cm³/mol. The summed E-state index contributed by atoms with van der Waals surface area (Å²) in [4.78, 5) is 14.8. The zero-order valence-corrected chi connectivity index (χ0v) is 10.7. The predicted octanol–water partition coefficient (Wildman–Crippen LogP) is 3.64. The summed E-state index contributed by atoms with van der Waals surface area (Å²) in [7, 11) is 0. The summed E-state index contributed by atoms with van der Waals surface area (Å²) in [6, 6.07) is 16.7. The van der Waals surface area contributed by atoms with Crippen LogP contribution < -0.4 is 0 Å². The Hall–Kier alpha value is -2.09. The molecule has 0 aromatic heterocycles. The molecule has 2 aromatic carbocycles. The highest BCUT2D eigenvalue weighted by molar-refractivity contribution is 6.03. The Labute approximate surface area is 112 Å². The van der Waals surface area contributed by atoms with Gasteiger partial charge in [0, 0.05) is 12.1 Å². The first kappa shape index (κ1) is 10.8. The zero-order valence-electron chi connectivity index (χ0n) is 10.7. The van der Waals surface area contributed by atoms with Crippen LogP contribution in [-0.2, 0) is 0 Å². The minimum atomic E-state index is 0.189. The molecule has 0 aliphatic carbocycles. The topological polar surface area (TPSA) is 20.3 Å². The molecule has 0 bridgehead atoms. The van der Waals surface area contributed by atoms with Crippen molar-refractivity contribution in [1.29, 1.82) is 0 Å². The fraction of sp³-hybridized carbons (Fsp3) is 0.235. The van der Waals surface area contributed by atoms with Gasteiger partial charge in [-0.25, -0.2) is 0 Å². The van der Waals surface area contributed by atoms with E-state index in [1.165, 1.54) is 11.1 Å². The van der Waals surface area contributed by atoms with Crippen LogP contribution in [0.2, 0.25) is 0 Å². The van der Waals surface area contributed by atoms with Gasteiger partial charge in [0.15, 0.2) is 0 Å². The lowest BCUT2D eigenvalue weighted by Gasteiger charge is -2.23. The van der Waals surface area contributed by atoms with Crippen LogP contribution in [0.3, 0.4) is 0 Å². The first-order valence-corrected chi connectivity index (χ1v) is 6.85. The van der Waals surface area contributed by atoms with Gasteiger partial charge < -0.3 is 4.90 Å². The Morgan fingerprint density at radius 2 is 1.58 bits per heavy atom. The van der Waals surface area contributed by atoms with Crippen molar-refractivity contribution in [3.8, 4) is 11.1 Å².